The number of hydrogen-bond donors (Lipinski definition) is 2. The Labute approximate surface area is 102 Å². The van der Waals surface area contributed by atoms with Gasteiger partial charge in [-0.15, -0.1) is 0 Å². The molecule has 0 spiro atoms. The molecule has 3 N–H and O–H groups in total. The molecule has 0 aliphatic heterocycles. The van der Waals surface area contributed by atoms with Gasteiger partial charge < -0.3 is 5.73 Å². The number of nitrogen functional groups attached to an aromatic ring is 1. The minimum atomic E-state index is -0.418. The quantitative estimate of drug-likeness (QED) is 0.858. The fourth-order valence-corrected chi connectivity index (χ4v) is 1.81. The highest BCUT2D eigenvalue weighted by Crippen LogP contribution is 2.19. The van der Waals surface area contributed by atoms with E-state index < -0.39 is 5.82 Å². The summed E-state index contributed by atoms with van der Waals surface area (Å²) in [4.78, 5) is 0. The first-order valence-corrected chi connectivity index (χ1v) is 5.15. The molecule has 0 aliphatic rings. The molecule has 86 valence electrons. The van der Waals surface area contributed by atoms with Crippen LogP contribution >= 0.6 is 11.6 Å². The second-order valence-corrected chi connectivity index (χ2v) is 3.97. The Morgan fingerprint density at radius 3 is 2.88 bits per heavy atom. The fourth-order valence-electron chi connectivity index (χ4n) is 1.56. The molecule has 17 heavy (non-hydrogen) atoms. The molecule has 4 nitrogen and oxygen atoms in total. The summed E-state index contributed by atoms with van der Waals surface area (Å²) < 4.78 is 13.1. The van der Waals surface area contributed by atoms with Crippen LogP contribution in [-0.4, -0.2) is 10.2 Å². The summed E-state index contributed by atoms with van der Waals surface area (Å²) in [5.41, 5.74) is 6.98. The summed E-state index contributed by atoms with van der Waals surface area (Å²) in [6.45, 7) is 0. The third-order valence-corrected chi connectivity index (χ3v) is 2.50. The molecule has 2 aromatic rings. The SMILES string of the molecule is N#Cc1c(N)n[nH]c1Cc1cc(F)cc(Cl)c1. The summed E-state index contributed by atoms with van der Waals surface area (Å²) >= 11 is 5.74. The number of nitrogens with two attached hydrogens (primary N) is 1. The molecule has 1 heterocycles. The van der Waals surface area contributed by atoms with Crippen molar-refractivity contribution in [3.05, 3.63) is 45.9 Å². The first-order valence-electron chi connectivity index (χ1n) is 4.78. The van der Waals surface area contributed by atoms with Gasteiger partial charge in [-0.1, -0.05) is 11.6 Å². The molecule has 0 radical (unpaired) electrons. The topological polar surface area (TPSA) is 78.5 Å². The molecule has 0 saturated heterocycles. The van der Waals surface area contributed by atoms with E-state index in [0.717, 1.165) is 0 Å². The number of rotatable bonds is 2. The van der Waals surface area contributed by atoms with E-state index in [0.29, 0.717) is 22.7 Å². The van der Waals surface area contributed by atoms with Crippen molar-refractivity contribution in [2.75, 3.05) is 5.73 Å². The Morgan fingerprint density at radius 2 is 2.24 bits per heavy atom. The maximum Gasteiger partial charge on any atom is 0.163 e. The van der Waals surface area contributed by atoms with Gasteiger partial charge in [-0.05, 0) is 23.8 Å². The van der Waals surface area contributed by atoms with Gasteiger partial charge in [0, 0.05) is 11.4 Å². The van der Waals surface area contributed by atoms with Crippen LogP contribution in [0.4, 0.5) is 10.2 Å². The van der Waals surface area contributed by atoms with Gasteiger partial charge in [0.15, 0.2) is 5.82 Å². The molecule has 1 aromatic carbocycles. The van der Waals surface area contributed by atoms with Gasteiger partial charge in [-0.3, -0.25) is 5.10 Å². The Morgan fingerprint density at radius 1 is 1.47 bits per heavy atom. The predicted molar refractivity (Wildman–Crippen MR) is 61.9 cm³/mol. The molecule has 6 heteroatoms. The molecular weight excluding hydrogens is 243 g/mol. The van der Waals surface area contributed by atoms with Crippen molar-refractivity contribution in [1.29, 1.82) is 5.26 Å². The smallest absolute Gasteiger partial charge is 0.163 e. The molecule has 2 rings (SSSR count). The van der Waals surface area contributed by atoms with E-state index in [9.17, 15) is 4.39 Å². The Kier molecular flexibility index (Phi) is 2.98. The van der Waals surface area contributed by atoms with E-state index in [2.05, 4.69) is 10.2 Å². The molecule has 1 aromatic heterocycles. The number of H-pyrrole nitrogens is 1. The van der Waals surface area contributed by atoms with Crippen LogP contribution in [0.25, 0.3) is 0 Å². The zero-order chi connectivity index (χ0) is 12.4. The van der Waals surface area contributed by atoms with Crippen LogP contribution < -0.4 is 5.73 Å². The third-order valence-electron chi connectivity index (χ3n) is 2.28. The fraction of sp³-hybridized carbons (Fsp3) is 0.0909. The molecule has 0 aliphatic carbocycles. The monoisotopic (exact) mass is 250 g/mol. The van der Waals surface area contributed by atoms with Crippen LogP contribution in [0.2, 0.25) is 5.02 Å². The second-order valence-electron chi connectivity index (χ2n) is 3.53. The Hall–Kier alpha value is -2.06. The van der Waals surface area contributed by atoms with Gasteiger partial charge >= 0.3 is 0 Å². The summed E-state index contributed by atoms with van der Waals surface area (Å²) in [7, 11) is 0. The van der Waals surface area contributed by atoms with Gasteiger partial charge in [0.05, 0.1) is 5.69 Å². The van der Waals surface area contributed by atoms with Crippen molar-refractivity contribution < 1.29 is 4.39 Å². The second kappa shape index (κ2) is 4.44. The third kappa shape index (κ3) is 2.37. The van der Waals surface area contributed by atoms with E-state index in [4.69, 9.17) is 22.6 Å². The Balaban J connectivity index is 2.35. The zero-order valence-corrected chi connectivity index (χ0v) is 9.42. The van der Waals surface area contributed by atoms with Gasteiger partial charge in [0.25, 0.3) is 0 Å². The van der Waals surface area contributed by atoms with E-state index in [1.54, 1.807) is 6.07 Å². The number of benzene rings is 1. The maximum absolute atomic E-state index is 13.1. The number of hydrogen-bond acceptors (Lipinski definition) is 3. The minimum Gasteiger partial charge on any atom is -0.381 e. The van der Waals surface area contributed by atoms with Gasteiger partial charge in [0.1, 0.15) is 17.4 Å². The summed E-state index contributed by atoms with van der Waals surface area (Å²) in [6, 6.07) is 6.15. The number of aromatic amines is 1. The lowest BCUT2D eigenvalue weighted by atomic mass is 10.1. The van der Waals surface area contributed by atoms with Crippen LogP contribution in [0.1, 0.15) is 16.8 Å². The van der Waals surface area contributed by atoms with E-state index in [-0.39, 0.29) is 11.4 Å². The molecule has 0 bridgehead atoms. The van der Waals surface area contributed by atoms with E-state index in [1.807, 2.05) is 6.07 Å². The van der Waals surface area contributed by atoms with Crippen molar-refractivity contribution in [3.63, 3.8) is 0 Å². The van der Waals surface area contributed by atoms with Crippen LogP contribution in [0, 0.1) is 17.1 Å². The number of anilines is 1. The first kappa shape index (κ1) is 11.4. The molecular formula is C11H8ClFN4. The highest BCUT2D eigenvalue weighted by molar-refractivity contribution is 6.30. The van der Waals surface area contributed by atoms with Crippen molar-refractivity contribution in [3.8, 4) is 6.07 Å². The molecule has 0 fully saturated rings. The van der Waals surface area contributed by atoms with Crippen molar-refractivity contribution in [1.82, 2.24) is 10.2 Å². The maximum atomic E-state index is 13.1. The summed E-state index contributed by atoms with van der Waals surface area (Å²) in [5, 5.41) is 15.6. The van der Waals surface area contributed by atoms with Crippen molar-refractivity contribution >= 4 is 17.4 Å². The van der Waals surface area contributed by atoms with Crippen molar-refractivity contribution in [2.24, 2.45) is 0 Å². The van der Waals surface area contributed by atoms with Crippen molar-refractivity contribution in [2.45, 2.75) is 6.42 Å². The highest BCUT2D eigenvalue weighted by atomic mass is 35.5. The standard InChI is InChI=1S/C11H8ClFN4/c12-7-1-6(2-8(13)4-7)3-10-9(5-14)11(15)17-16-10/h1-2,4H,3H2,(H3,15,16,17). The predicted octanol–water partition coefficient (Wildman–Crippen LogP) is 2.25. The zero-order valence-electron chi connectivity index (χ0n) is 8.67. The summed E-state index contributed by atoms with van der Waals surface area (Å²) in [6.07, 6.45) is 0.324. The lowest BCUT2D eigenvalue weighted by molar-refractivity contribution is 0.626. The average Bonchev–Trinajstić information content (AvgIpc) is 2.57. The van der Waals surface area contributed by atoms with Gasteiger partial charge in [0.2, 0.25) is 0 Å². The number of nitrogens with one attached hydrogen (secondary N) is 1. The lowest BCUT2D eigenvalue weighted by Crippen LogP contribution is -1.94. The lowest BCUT2D eigenvalue weighted by Gasteiger charge is -2.01. The average molecular weight is 251 g/mol. The first-order chi connectivity index (χ1) is 8.10. The van der Waals surface area contributed by atoms with Gasteiger partial charge in [-0.2, -0.15) is 10.4 Å². The van der Waals surface area contributed by atoms with E-state index in [1.165, 1.54) is 12.1 Å². The minimum absolute atomic E-state index is 0.144. The van der Waals surface area contributed by atoms with Crippen LogP contribution in [0.5, 0.6) is 0 Å². The van der Waals surface area contributed by atoms with Crippen LogP contribution in [0.3, 0.4) is 0 Å². The molecule has 0 unspecified atom stereocenters. The molecule has 0 saturated carbocycles. The normalized spacial score (nSPS) is 10.2. The van der Waals surface area contributed by atoms with Crippen LogP contribution in [0.15, 0.2) is 18.2 Å². The molecule has 0 amide bonds. The van der Waals surface area contributed by atoms with E-state index >= 15 is 0 Å². The molecule has 0 atom stereocenters. The summed E-state index contributed by atoms with van der Waals surface area (Å²) in [5.74, 6) is -0.275. The van der Waals surface area contributed by atoms with Gasteiger partial charge in [-0.25, -0.2) is 4.39 Å². The number of nitrogens with zero attached hydrogens (tertiary/aromatic N) is 2. The number of aromatic nitrogens is 2. The highest BCUT2D eigenvalue weighted by Gasteiger charge is 2.11. The van der Waals surface area contributed by atoms with Crippen LogP contribution in [-0.2, 0) is 6.42 Å². The number of nitriles is 1. The largest absolute Gasteiger partial charge is 0.381 e. The number of halogens is 2. The Bertz CT molecular complexity index is 580.